The molecule has 128 valence electrons. The molecule has 24 heavy (non-hydrogen) atoms. The number of fused-ring (bicyclic) bond motifs is 1. The number of aliphatic carboxylic acids is 1. The topological polar surface area (TPSA) is 88.0 Å². The maximum absolute atomic E-state index is 12.3. The Morgan fingerprint density at radius 1 is 1.38 bits per heavy atom. The first-order valence-corrected chi connectivity index (χ1v) is 8.28. The first kappa shape index (κ1) is 16.5. The number of ether oxygens (including phenoxy) is 1. The highest BCUT2D eigenvalue weighted by Gasteiger charge is 2.64. The van der Waals surface area contributed by atoms with E-state index in [-0.39, 0.29) is 23.8 Å². The highest BCUT2D eigenvalue weighted by atomic mass is 16.5. The number of amides is 1. The van der Waals surface area contributed by atoms with Gasteiger partial charge in [0.05, 0.1) is 6.21 Å². The Kier molecular flexibility index (Phi) is 4.55. The van der Waals surface area contributed by atoms with Crippen molar-refractivity contribution in [1.29, 1.82) is 0 Å². The van der Waals surface area contributed by atoms with Crippen LogP contribution in [0.2, 0.25) is 0 Å². The summed E-state index contributed by atoms with van der Waals surface area (Å²) in [4.78, 5) is 22.7. The molecule has 0 spiro atoms. The van der Waals surface area contributed by atoms with E-state index in [0.29, 0.717) is 11.7 Å². The molecule has 2 aliphatic rings. The molecule has 0 heterocycles. The van der Waals surface area contributed by atoms with Gasteiger partial charge in [0, 0.05) is 5.92 Å². The van der Waals surface area contributed by atoms with E-state index >= 15 is 0 Å². The van der Waals surface area contributed by atoms with Crippen molar-refractivity contribution in [2.45, 2.75) is 32.6 Å². The molecule has 0 aromatic heterocycles. The van der Waals surface area contributed by atoms with Crippen LogP contribution in [-0.4, -0.2) is 29.8 Å². The van der Waals surface area contributed by atoms with Crippen molar-refractivity contribution in [1.82, 2.24) is 5.43 Å². The van der Waals surface area contributed by atoms with Crippen LogP contribution in [0.4, 0.5) is 0 Å². The number of nitrogens with one attached hydrogen (secondary N) is 1. The molecule has 1 amide bonds. The fourth-order valence-electron chi connectivity index (χ4n) is 3.89. The molecule has 2 fully saturated rings. The predicted molar refractivity (Wildman–Crippen MR) is 88.9 cm³/mol. The van der Waals surface area contributed by atoms with Crippen LogP contribution in [0.5, 0.6) is 5.75 Å². The molecular formula is C18H22N2O4. The molecule has 6 heteroatoms. The standard InChI is InChI=1S/C18H22N2O4/c1-18-9-3-2-4-14(18)16(18)17(23)20-19-10-12-5-7-13(8-6-12)24-11-15(21)22/h5-8,10,14,16H,2-4,9,11H2,1H3,(H,20,23)(H,21,22)/b19-10-/t14-,16+,18-/m0/s1. The molecule has 0 aliphatic heterocycles. The van der Waals surface area contributed by atoms with E-state index in [2.05, 4.69) is 17.5 Å². The summed E-state index contributed by atoms with van der Waals surface area (Å²) in [6.45, 7) is 1.84. The normalized spacial score (nSPS) is 28.2. The SMILES string of the molecule is C[C@]12CCCC[C@H]1[C@@H]2C(=O)N/N=C\c1ccc(OCC(=O)O)cc1. The van der Waals surface area contributed by atoms with Gasteiger partial charge in [-0.2, -0.15) is 5.10 Å². The number of benzene rings is 1. The van der Waals surface area contributed by atoms with Crippen LogP contribution >= 0.6 is 0 Å². The van der Waals surface area contributed by atoms with Crippen molar-refractivity contribution in [3.05, 3.63) is 29.8 Å². The summed E-state index contributed by atoms with van der Waals surface area (Å²) in [5.74, 6) is 0.101. The molecule has 0 unspecified atom stereocenters. The average molecular weight is 330 g/mol. The van der Waals surface area contributed by atoms with E-state index in [1.54, 1.807) is 30.5 Å². The van der Waals surface area contributed by atoms with Gasteiger partial charge in [0.25, 0.3) is 0 Å². The Morgan fingerprint density at radius 2 is 2.12 bits per heavy atom. The van der Waals surface area contributed by atoms with E-state index in [1.165, 1.54) is 12.8 Å². The zero-order chi connectivity index (χ0) is 17.2. The summed E-state index contributed by atoms with van der Waals surface area (Å²) in [6, 6.07) is 6.85. The third-order valence-electron chi connectivity index (χ3n) is 5.24. The first-order valence-electron chi connectivity index (χ1n) is 8.28. The van der Waals surface area contributed by atoms with Gasteiger partial charge in [-0.05, 0) is 54.0 Å². The highest BCUT2D eigenvalue weighted by Crippen LogP contribution is 2.66. The average Bonchev–Trinajstić information content (AvgIpc) is 3.19. The lowest BCUT2D eigenvalue weighted by Crippen LogP contribution is -2.22. The number of hydrogen-bond donors (Lipinski definition) is 2. The number of nitrogens with zero attached hydrogens (tertiary/aromatic N) is 1. The number of carboxylic acids is 1. The molecule has 3 atom stereocenters. The molecule has 3 rings (SSSR count). The number of rotatable bonds is 6. The number of hydrazone groups is 1. The van der Waals surface area contributed by atoms with Gasteiger partial charge in [-0.15, -0.1) is 0 Å². The van der Waals surface area contributed by atoms with Gasteiger partial charge in [0.2, 0.25) is 5.91 Å². The zero-order valence-electron chi connectivity index (χ0n) is 13.7. The summed E-state index contributed by atoms with van der Waals surface area (Å²) in [5, 5.41) is 12.6. The molecule has 2 aliphatic carbocycles. The molecular weight excluding hydrogens is 308 g/mol. The molecule has 0 radical (unpaired) electrons. The van der Waals surface area contributed by atoms with Crippen molar-refractivity contribution >= 4 is 18.1 Å². The molecule has 6 nitrogen and oxygen atoms in total. The smallest absolute Gasteiger partial charge is 0.341 e. The van der Waals surface area contributed by atoms with Gasteiger partial charge >= 0.3 is 5.97 Å². The quantitative estimate of drug-likeness (QED) is 0.619. The van der Waals surface area contributed by atoms with Gasteiger partial charge in [-0.25, -0.2) is 10.2 Å². The van der Waals surface area contributed by atoms with Crippen LogP contribution in [0.15, 0.2) is 29.4 Å². The van der Waals surface area contributed by atoms with Gasteiger partial charge in [-0.3, -0.25) is 4.79 Å². The van der Waals surface area contributed by atoms with E-state index in [4.69, 9.17) is 9.84 Å². The highest BCUT2D eigenvalue weighted by molar-refractivity contribution is 5.86. The minimum absolute atomic E-state index is 0.0158. The van der Waals surface area contributed by atoms with Gasteiger partial charge in [-0.1, -0.05) is 19.8 Å². The molecule has 0 bridgehead atoms. The lowest BCUT2D eigenvalue weighted by molar-refractivity contribution is -0.139. The van der Waals surface area contributed by atoms with Gasteiger partial charge < -0.3 is 9.84 Å². The zero-order valence-corrected chi connectivity index (χ0v) is 13.7. The van der Waals surface area contributed by atoms with Crippen molar-refractivity contribution < 1.29 is 19.4 Å². The Labute approximate surface area is 140 Å². The van der Waals surface area contributed by atoms with Crippen LogP contribution in [0.25, 0.3) is 0 Å². The second-order valence-electron chi connectivity index (χ2n) is 6.82. The molecule has 2 N–H and O–H groups in total. The summed E-state index contributed by atoms with van der Waals surface area (Å²) in [5.41, 5.74) is 3.64. The Bertz CT molecular complexity index is 655. The van der Waals surface area contributed by atoms with E-state index in [9.17, 15) is 9.59 Å². The lowest BCUT2D eigenvalue weighted by Gasteiger charge is -2.15. The minimum atomic E-state index is -1.02. The van der Waals surface area contributed by atoms with Crippen molar-refractivity contribution in [3.8, 4) is 5.75 Å². The second-order valence-corrected chi connectivity index (χ2v) is 6.82. The molecule has 2 saturated carbocycles. The summed E-state index contributed by atoms with van der Waals surface area (Å²) in [6.07, 6.45) is 6.31. The third kappa shape index (κ3) is 3.42. The summed E-state index contributed by atoms with van der Waals surface area (Å²) in [7, 11) is 0. The number of hydrogen-bond acceptors (Lipinski definition) is 4. The van der Waals surface area contributed by atoms with Crippen LogP contribution in [0.1, 0.15) is 38.2 Å². The van der Waals surface area contributed by atoms with Crippen molar-refractivity contribution in [2.75, 3.05) is 6.61 Å². The van der Waals surface area contributed by atoms with E-state index < -0.39 is 5.97 Å². The monoisotopic (exact) mass is 330 g/mol. The summed E-state index contributed by atoms with van der Waals surface area (Å²) >= 11 is 0. The Balaban J connectivity index is 1.49. The lowest BCUT2D eigenvalue weighted by atomic mass is 9.90. The number of carbonyl (C=O) groups excluding carboxylic acids is 1. The van der Waals surface area contributed by atoms with Crippen molar-refractivity contribution in [3.63, 3.8) is 0 Å². The maximum atomic E-state index is 12.3. The van der Waals surface area contributed by atoms with E-state index in [1.807, 2.05) is 0 Å². The molecule has 0 saturated heterocycles. The molecule has 1 aromatic carbocycles. The van der Waals surface area contributed by atoms with Crippen molar-refractivity contribution in [2.24, 2.45) is 22.4 Å². The number of carbonyl (C=O) groups is 2. The Hall–Kier alpha value is -2.37. The number of carboxylic acid groups (broad SMARTS) is 1. The van der Waals surface area contributed by atoms with Crippen LogP contribution in [0, 0.1) is 17.3 Å². The Morgan fingerprint density at radius 3 is 2.75 bits per heavy atom. The first-order chi connectivity index (χ1) is 11.5. The van der Waals surface area contributed by atoms with Gasteiger partial charge in [0.1, 0.15) is 5.75 Å². The van der Waals surface area contributed by atoms with E-state index in [0.717, 1.165) is 18.4 Å². The van der Waals surface area contributed by atoms with Crippen LogP contribution in [0.3, 0.4) is 0 Å². The summed E-state index contributed by atoms with van der Waals surface area (Å²) < 4.78 is 5.06. The second kappa shape index (κ2) is 6.63. The van der Waals surface area contributed by atoms with Gasteiger partial charge in [0.15, 0.2) is 6.61 Å². The van der Waals surface area contributed by atoms with Crippen LogP contribution in [-0.2, 0) is 9.59 Å². The fraction of sp³-hybridized carbons (Fsp3) is 0.500. The maximum Gasteiger partial charge on any atom is 0.341 e. The van der Waals surface area contributed by atoms with Crippen LogP contribution < -0.4 is 10.2 Å². The minimum Gasteiger partial charge on any atom is -0.482 e. The third-order valence-corrected chi connectivity index (χ3v) is 5.24. The predicted octanol–water partition coefficient (Wildman–Crippen LogP) is 2.43. The fourth-order valence-corrected chi connectivity index (χ4v) is 3.89. The largest absolute Gasteiger partial charge is 0.482 e. The molecule has 1 aromatic rings.